The van der Waals surface area contributed by atoms with Crippen molar-refractivity contribution in [1.82, 2.24) is 9.97 Å². The van der Waals surface area contributed by atoms with E-state index in [1.807, 2.05) is 0 Å². The smallest absolute Gasteiger partial charge is 0.224 e. The van der Waals surface area contributed by atoms with Crippen LogP contribution in [0.4, 0.5) is 11.5 Å². The van der Waals surface area contributed by atoms with Crippen molar-refractivity contribution < 1.29 is 0 Å². The highest BCUT2D eigenvalue weighted by Crippen LogP contribution is 2.29. The van der Waals surface area contributed by atoms with Gasteiger partial charge in [-0.15, -0.1) is 0 Å². The molecule has 0 bridgehead atoms. The van der Waals surface area contributed by atoms with Gasteiger partial charge in [-0.2, -0.15) is 4.98 Å². The fourth-order valence-corrected chi connectivity index (χ4v) is 2.74. The lowest BCUT2D eigenvalue weighted by molar-refractivity contribution is 0.351. The van der Waals surface area contributed by atoms with Crippen molar-refractivity contribution >= 4 is 23.1 Å². The number of hydrogen-bond acceptors (Lipinski definition) is 4. The predicted molar refractivity (Wildman–Crippen MR) is 75.8 cm³/mol. The molecule has 2 N–H and O–H groups in total. The third-order valence-corrected chi connectivity index (χ3v) is 3.96. The number of nitrogens with zero attached hydrogens (tertiary/aromatic N) is 3. The maximum absolute atomic E-state index is 5.94. The summed E-state index contributed by atoms with van der Waals surface area (Å²) in [5, 5.41) is 0.267. The Morgan fingerprint density at radius 1 is 1.39 bits per heavy atom. The first-order valence-corrected chi connectivity index (χ1v) is 6.98. The second-order valence-electron chi connectivity index (χ2n) is 5.34. The maximum Gasteiger partial charge on any atom is 0.224 e. The Hall–Kier alpha value is -1.03. The van der Waals surface area contributed by atoms with Crippen molar-refractivity contribution in [3.05, 3.63) is 11.5 Å². The van der Waals surface area contributed by atoms with Gasteiger partial charge in [0.05, 0.1) is 11.9 Å². The summed E-state index contributed by atoms with van der Waals surface area (Å²) in [5.74, 6) is 2.34. The van der Waals surface area contributed by atoms with Gasteiger partial charge in [0.2, 0.25) is 5.28 Å². The van der Waals surface area contributed by atoms with Gasteiger partial charge in [0.15, 0.2) is 5.82 Å². The summed E-state index contributed by atoms with van der Waals surface area (Å²) in [5.41, 5.74) is 6.55. The normalized spacial score (nSPS) is 21.1. The van der Waals surface area contributed by atoms with Gasteiger partial charge in [0.25, 0.3) is 0 Å². The molecular weight excluding hydrogens is 248 g/mol. The van der Waals surface area contributed by atoms with Crippen LogP contribution in [0, 0.1) is 11.8 Å². The van der Waals surface area contributed by atoms with Crippen LogP contribution in [0.1, 0.15) is 33.1 Å². The summed E-state index contributed by atoms with van der Waals surface area (Å²) >= 11 is 5.85. The zero-order chi connectivity index (χ0) is 13.1. The molecule has 1 aliphatic rings. The number of aromatic nitrogens is 2. The van der Waals surface area contributed by atoms with Gasteiger partial charge in [0.1, 0.15) is 0 Å². The van der Waals surface area contributed by atoms with E-state index in [-0.39, 0.29) is 5.28 Å². The number of rotatable bonds is 2. The van der Waals surface area contributed by atoms with E-state index in [1.54, 1.807) is 6.20 Å². The molecule has 1 saturated heterocycles. The first-order valence-electron chi connectivity index (χ1n) is 6.61. The highest BCUT2D eigenvalue weighted by atomic mass is 35.5. The van der Waals surface area contributed by atoms with E-state index < -0.39 is 0 Å². The van der Waals surface area contributed by atoms with Crippen LogP contribution in [0.15, 0.2) is 6.20 Å². The molecule has 0 amide bonds. The molecule has 1 aromatic rings. The Bertz CT molecular complexity index is 408. The van der Waals surface area contributed by atoms with Crippen LogP contribution in [0.5, 0.6) is 0 Å². The second kappa shape index (κ2) is 5.74. The minimum Gasteiger partial charge on any atom is -0.394 e. The van der Waals surface area contributed by atoms with E-state index >= 15 is 0 Å². The van der Waals surface area contributed by atoms with Crippen molar-refractivity contribution in [1.29, 1.82) is 0 Å². The summed E-state index contributed by atoms with van der Waals surface area (Å²) in [7, 11) is 0. The molecule has 0 saturated carbocycles. The monoisotopic (exact) mass is 268 g/mol. The molecule has 1 aromatic heterocycles. The SMILES string of the molecule is CC(C)C1CCCN(c2nc(Cl)ncc2N)CC1. The molecule has 18 heavy (non-hydrogen) atoms. The van der Waals surface area contributed by atoms with Crippen molar-refractivity contribution in [3.63, 3.8) is 0 Å². The predicted octanol–water partition coefficient (Wildman–Crippen LogP) is 2.97. The summed E-state index contributed by atoms with van der Waals surface area (Å²) in [4.78, 5) is 10.4. The summed E-state index contributed by atoms with van der Waals surface area (Å²) in [6.07, 6.45) is 5.25. The number of nitrogens with two attached hydrogens (primary N) is 1. The molecule has 1 fully saturated rings. The molecule has 2 heterocycles. The average Bonchev–Trinajstić information content (AvgIpc) is 2.58. The van der Waals surface area contributed by atoms with E-state index in [1.165, 1.54) is 19.3 Å². The molecule has 100 valence electrons. The highest BCUT2D eigenvalue weighted by molar-refractivity contribution is 6.28. The van der Waals surface area contributed by atoms with Crippen LogP contribution >= 0.6 is 11.6 Å². The Kier molecular flexibility index (Phi) is 4.27. The fraction of sp³-hybridized carbons (Fsp3) is 0.692. The Morgan fingerprint density at radius 2 is 2.17 bits per heavy atom. The summed E-state index contributed by atoms with van der Waals surface area (Å²) in [6, 6.07) is 0. The summed E-state index contributed by atoms with van der Waals surface area (Å²) < 4.78 is 0. The lowest BCUT2D eigenvalue weighted by Crippen LogP contribution is -2.26. The van der Waals surface area contributed by atoms with Gasteiger partial charge < -0.3 is 10.6 Å². The molecule has 1 aliphatic heterocycles. The molecule has 0 aliphatic carbocycles. The van der Waals surface area contributed by atoms with Crippen molar-refractivity contribution in [3.8, 4) is 0 Å². The minimum atomic E-state index is 0.267. The van der Waals surface area contributed by atoms with E-state index in [0.717, 1.165) is 30.7 Å². The van der Waals surface area contributed by atoms with Gasteiger partial charge >= 0.3 is 0 Å². The first kappa shape index (κ1) is 13.4. The van der Waals surface area contributed by atoms with Gasteiger partial charge in [-0.1, -0.05) is 13.8 Å². The topological polar surface area (TPSA) is 55.0 Å². The van der Waals surface area contributed by atoms with Gasteiger partial charge in [0, 0.05) is 13.1 Å². The third-order valence-electron chi connectivity index (χ3n) is 3.78. The van der Waals surface area contributed by atoms with Crippen molar-refractivity contribution in [2.24, 2.45) is 11.8 Å². The second-order valence-corrected chi connectivity index (χ2v) is 5.68. The number of halogens is 1. The van der Waals surface area contributed by atoms with E-state index in [4.69, 9.17) is 17.3 Å². The van der Waals surface area contributed by atoms with E-state index in [2.05, 4.69) is 28.7 Å². The zero-order valence-electron chi connectivity index (χ0n) is 11.1. The Morgan fingerprint density at radius 3 is 2.89 bits per heavy atom. The van der Waals surface area contributed by atoms with Crippen molar-refractivity contribution in [2.45, 2.75) is 33.1 Å². The lowest BCUT2D eigenvalue weighted by Gasteiger charge is -2.23. The molecule has 0 radical (unpaired) electrons. The van der Waals surface area contributed by atoms with Crippen molar-refractivity contribution in [2.75, 3.05) is 23.7 Å². The van der Waals surface area contributed by atoms with Crippen LogP contribution in [0.2, 0.25) is 5.28 Å². The van der Waals surface area contributed by atoms with Gasteiger partial charge in [-0.25, -0.2) is 4.98 Å². The Balaban J connectivity index is 2.12. The lowest BCUT2D eigenvalue weighted by atomic mass is 9.89. The molecule has 0 aromatic carbocycles. The number of nitrogen functional groups attached to an aromatic ring is 1. The molecule has 4 nitrogen and oxygen atoms in total. The maximum atomic E-state index is 5.94. The first-order chi connectivity index (χ1) is 8.58. The summed E-state index contributed by atoms with van der Waals surface area (Å²) in [6.45, 7) is 6.60. The van der Waals surface area contributed by atoms with Gasteiger partial charge in [-0.05, 0) is 42.7 Å². The number of hydrogen-bond donors (Lipinski definition) is 1. The van der Waals surface area contributed by atoms with Crippen LogP contribution < -0.4 is 10.6 Å². The highest BCUT2D eigenvalue weighted by Gasteiger charge is 2.21. The minimum absolute atomic E-state index is 0.267. The average molecular weight is 269 g/mol. The van der Waals surface area contributed by atoms with E-state index in [0.29, 0.717) is 5.69 Å². The molecule has 5 heteroatoms. The van der Waals surface area contributed by atoms with Crippen LogP contribution in [0.3, 0.4) is 0 Å². The van der Waals surface area contributed by atoms with Crippen LogP contribution in [0.25, 0.3) is 0 Å². The fourth-order valence-electron chi connectivity index (χ4n) is 2.62. The standard InChI is InChI=1S/C13H21ClN4/c1-9(2)10-4-3-6-18(7-5-10)12-11(15)8-16-13(14)17-12/h8-10H,3-7,15H2,1-2H3. The van der Waals surface area contributed by atoms with Crippen LogP contribution in [-0.4, -0.2) is 23.1 Å². The third kappa shape index (κ3) is 3.05. The van der Waals surface area contributed by atoms with E-state index in [9.17, 15) is 0 Å². The molecule has 1 atom stereocenters. The van der Waals surface area contributed by atoms with Gasteiger partial charge in [-0.3, -0.25) is 0 Å². The quantitative estimate of drug-likeness (QED) is 0.838. The number of anilines is 2. The molecule has 0 spiro atoms. The Labute approximate surface area is 114 Å². The zero-order valence-corrected chi connectivity index (χ0v) is 11.8. The molecule has 2 rings (SSSR count). The molecular formula is C13H21ClN4. The van der Waals surface area contributed by atoms with Crippen LogP contribution in [-0.2, 0) is 0 Å². The largest absolute Gasteiger partial charge is 0.394 e. The molecule has 1 unspecified atom stereocenters.